The first-order valence-electron chi connectivity index (χ1n) is 10.1. The molecule has 0 spiro atoms. The summed E-state index contributed by atoms with van der Waals surface area (Å²) in [5.74, 6) is -0.532. The predicted octanol–water partition coefficient (Wildman–Crippen LogP) is 1.81. The largest absolute Gasteiger partial charge is 0.444 e. The number of carbonyl (C=O) groups is 3. The van der Waals surface area contributed by atoms with Gasteiger partial charge in [0.05, 0.1) is 31.2 Å². The molecule has 2 rings (SSSR count). The summed E-state index contributed by atoms with van der Waals surface area (Å²) >= 11 is 0. The Kier molecular flexibility index (Phi) is 8.86. The molecule has 2 amide bonds. The molecule has 2 heterocycles. The minimum Gasteiger partial charge on any atom is -0.444 e. The summed E-state index contributed by atoms with van der Waals surface area (Å²) in [7, 11) is 0. The van der Waals surface area contributed by atoms with Gasteiger partial charge >= 0.3 is 12.2 Å². The molecule has 0 aromatic rings. The number of aldehydes is 1. The van der Waals surface area contributed by atoms with E-state index in [9.17, 15) is 24.6 Å². The van der Waals surface area contributed by atoms with Crippen molar-refractivity contribution in [2.75, 3.05) is 26.2 Å². The lowest BCUT2D eigenvalue weighted by Crippen LogP contribution is -2.35. The molecule has 2 aliphatic rings. The van der Waals surface area contributed by atoms with Crippen LogP contribution in [0.2, 0.25) is 0 Å². The van der Waals surface area contributed by atoms with Crippen molar-refractivity contribution in [3.63, 3.8) is 0 Å². The summed E-state index contributed by atoms with van der Waals surface area (Å²) in [6.45, 7) is 15.6. The molecule has 9 heteroatoms. The quantitative estimate of drug-likeness (QED) is 0.509. The Bertz CT molecular complexity index is 570. The smallest absolute Gasteiger partial charge is 0.410 e. The Hall–Kier alpha value is -2.13. The van der Waals surface area contributed by atoms with E-state index in [1.807, 2.05) is 20.8 Å². The number of β-amino-alcohol motifs (C(OH)–C–C–N with tert-alkyl or cyclic N) is 2. The van der Waals surface area contributed by atoms with E-state index in [0.717, 1.165) is 0 Å². The predicted molar refractivity (Wildman–Crippen MR) is 111 cm³/mol. The molecular formula is C21H36N2O7. The van der Waals surface area contributed by atoms with Gasteiger partial charge in [0.1, 0.15) is 17.5 Å². The Morgan fingerprint density at radius 3 is 1.47 bits per heavy atom. The molecule has 9 nitrogen and oxygen atoms in total. The first-order valence-corrected chi connectivity index (χ1v) is 10.1. The third-order valence-corrected chi connectivity index (χ3v) is 4.45. The Morgan fingerprint density at radius 2 is 1.20 bits per heavy atom. The number of aliphatic hydroxyl groups is 2. The van der Waals surface area contributed by atoms with Gasteiger partial charge in [-0.25, -0.2) is 9.59 Å². The van der Waals surface area contributed by atoms with E-state index in [1.165, 1.54) is 9.80 Å². The first-order chi connectivity index (χ1) is 13.7. The molecule has 2 aliphatic heterocycles. The lowest BCUT2D eigenvalue weighted by atomic mass is 10.1. The molecule has 4 atom stereocenters. The van der Waals surface area contributed by atoms with Crippen LogP contribution in [0.3, 0.4) is 0 Å². The molecule has 2 saturated heterocycles. The fraction of sp³-hybridized carbons (Fsp3) is 0.762. The van der Waals surface area contributed by atoms with Gasteiger partial charge in [0, 0.05) is 19.0 Å². The Balaban J connectivity index is 0.000000300. The van der Waals surface area contributed by atoms with Gasteiger partial charge in [-0.1, -0.05) is 6.08 Å². The van der Waals surface area contributed by atoms with Crippen molar-refractivity contribution < 1.29 is 34.1 Å². The van der Waals surface area contributed by atoms with Gasteiger partial charge in [0.2, 0.25) is 0 Å². The number of aliphatic hydroxyl groups excluding tert-OH is 2. The number of likely N-dealkylation sites (tertiary alicyclic amines) is 2. The van der Waals surface area contributed by atoms with E-state index < -0.39 is 35.4 Å². The molecule has 0 aliphatic carbocycles. The molecule has 0 radical (unpaired) electrons. The Labute approximate surface area is 178 Å². The van der Waals surface area contributed by atoms with Gasteiger partial charge in [-0.15, -0.1) is 6.58 Å². The molecule has 30 heavy (non-hydrogen) atoms. The SMILES string of the molecule is C=C[C@@H]1CN(C(=O)OC(C)(C)C)C[C@H]1O.CC(C)(C)OC(=O)N1C[C@@H](O)[C@H](C=O)C1. The second kappa shape index (κ2) is 10.3. The molecule has 2 N–H and O–H groups in total. The summed E-state index contributed by atoms with van der Waals surface area (Å²) in [6.07, 6.45) is 0.214. The summed E-state index contributed by atoms with van der Waals surface area (Å²) in [6, 6.07) is 0. The number of amides is 2. The number of ether oxygens (including phenoxy) is 2. The molecule has 0 bridgehead atoms. The second-order valence-corrected chi connectivity index (χ2v) is 9.60. The van der Waals surface area contributed by atoms with Crippen molar-refractivity contribution in [3.8, 4) is 0 Å². The van der Waals surface area contributed by atoms with Crippen molar-refractivity contribution in [1.82, 2.24) is 9.80 Å². The van der Waals surface area contributed by atoms with Crippen LogP contribution in [0.1, 0.15) is 41.5 Å². The number of hydrogen-bond donors (Lipinski definition) is 2. The third kappa shape index (κ3) is 8.31. The highest BCUT2D eigenvalue weighted by atomic mass is 16.6. The summed E-state index contributed by atoms with van der Waals surface area (Å²) < 4.78 is 10.3. The standard InChI is InChI=1S/C11H19NO3.C10H17NO4/c1-5-8-6-12(7-9(8)13)10(14)15-11(2,3)4;1-10(2,3)15-9(14)11-4-7(6-12)8(13)5-11/h5,8-9,13H,1,6-7H2,2-4H3;6-8,13H,4-5H2,1-3H3/t8-,9-;7-,8+/m10/s1. The third-order valence-electron chi connectivity index (χ3n) is 4.45. The van der Waals surface area contributed by atoms with Gasteiger partial charge in [-0.3, -0.25) is 0 Å². The highest BCUT2D eigenvalue weighted by Crippen LogP contribution is 2.20. The summed E-state index contributed by atoms with van der Waals surface area (Å²) in [5.41, 5.74) is -1.05. The average molecular weight is 429 g/mol. The number of rotatable bonds is 2. The van der Waals surface area contributed by atoms with Crippen LogP contribution in [0.25, 0.3) is 0 Å². The average Bonchev–Trinajstić information content (AvgIpc) is 3.15. The van der Waals surface area contributed by atoms with Gasteiger partial charge in [0.25, 0.3) is 0 Å². The van der Waals surface area contributed by atoms with Crippen molar-refractivity contribution in [2.45, 2.75) is 65.0 Å². The fourth-order valence-electron chi connectivity index (χ4n) is 2.94. The van der Waals surface area contributed by atoms with Crippen molar-refractivity contribution >= 4 is 18.5 Å². The minimum absolute atomic E-state index is 0.0440. The number of nitrogens with zero attached hydrogens (tertiary/aromatic N) is 2. The molecular weight excluding hydrogens is 392 g/mol. The van der Waals surface area contributed by atoms with E-state index in [-0.39, 0.29) is 25.1 Å². The van der Waals surface area contributed by atoms with Crippen molar-refractivity contribution in [3.05, 3.63) is 12.7 Å². The van der Waals surface area contributed by atoms with E-state index in [1.54, 1.807) is 26.8 Å². The zero-order chi connectivity index (χ0) is 23.3. The van der Waals surface area contributed by atoms with Crippen molar-refractivity contribution in [2.24, 2.45) is 11.8 Å². The van der Waals surface area contributed by atoms with Crippen LogP contribution in [0.5, 0.6) is 0 Å². The monoisotopic (exact) mass is 428 g/mol. The Morgan fingerprint density at radius 1 is 0.833 bits per heavy atom. The topological polar surface area (TPSA) is 117 Å². The maximum atomic E-state index is 11.6. The van der Waals surface area contributed by atoms with Gasteiger partial charge in [-0.05, 0) is 41.5 Å². The van der Waals surface area contributed by atoms with Crippen LogP contribution in [0.15, 0.2) is 12.7 Å². The van der Waals surface area contributed by atoms with Crippen LogP contribution >= 0.6 is 0 Å². The number of hydrogen-bond acceptors (Lipinski definition) is 7. The minimum atomic E-state index is -0.769. The van der Waals surface area contributed by atoms with Gasteiger partial charge in [0.15, 0.2) is 0 Å². The highest BCUT2D eigenvalue weighted by Gasteiger charge is 2.36. The first kappa shape index (κ1) is 25.9. The molecule has 0 aromatic heterocycles. The lowest BCUT2D eigenvalue weighted by Gasteiger charge is -2.24. The summed E-state index contributed by atoms with van der Waals surface area (Å²) in [4.78, 5) is 36.6. The maximum absolute atomic E-state index is 11.6. The number of carbonyl (C=O) groups excluding carboxylic acids is 3. The van der Waals surface area contributed by atoms with Crippen LogP contribution in [0.4, 0.5) is 9.59 Å². The van der Waals surface area contributed by atoms with Gasteiger partial charge < -0.3 is 34.3 Å². The van der Waals surface area contributed by atoms with Crippen LogP contribution in [0, 0.1) is 11.8 Å². The van der Waals surface area contributed by atoms with Crippen LogP contribution in [-0.4, -0.2) is 88.1 Å². The zero-order valence-corrected chi connectivity index (χ0v) is 18.8. The van der Waals surface area contributed by atoms with E-state index in [2.05, 4.69) is 6.58 Å². The van der Waals surface area contributed by atoms with Crippen molar-refractivity contribution in [1.29, 1.82) is 0 Å². The molecule has 0 aromatic carbocycles. The van der Waals surface area contributed by atoms with E-state index in [0.29, 0.717) is 19.4 Å². The zero-order valence-electron chi connectivity index (χ0n) is 18.8. The van der Waals surface area contributed by atoms with E-state index in [4.69, 9.17) is 9.47 Å². The van der Waals surface area contributed by atoms with E-state index >= 15 is 0 Å². The molecule has 172 valence electrons. The molecule has 0 unspecified atom stereocenters. The summed E-state index contributed by atoms with van der Waals surface area (Å²) in [5, 5.41) is 19.0. The molecule has 0 saturated carbocycles. The van der Waals surface area contributed by atoms with Gasteiger partial charge in [-0.2, -0.15) is 0 Å². The maximum Gasteiger partial charge on any atom is 0.410 e. The fourth-order valence-corrected chi connectivity index (χ4v) is 2.94. The highest BCUT2D eigenvalue weighted by molar-refractivity contribution is 5.70. The second-order valence-electron chi connectivity index (χ2n) is 9.60. The molecule has 2 fully saturated rings. The van der Waals surface area contributed by atoms with Crippen LogP contribution < -0.4 is 0 Å². The lowest BCUT2D eigenvalue weighted by molar-refractivity contribution is -0.112. The van der Waals surface area contributed by atoms with Crippen LogP contribution in [-0.2, 0) is 14.3 Å². The normalized spacial score (nSPS) is 26.5.